The van der Waals surface area contributed by atoms with Gasteiger partial charge in [0.25, 0.3) is 0 Å². The number of ether oxygens (including phenoxy) is 1. The average Bonchev–Trinajstić information content (AvgIpc) is 2.11. The monoisotopic (exact) mass is 142 g/mol. The minimum atomic E-state index is 0.0775. The van der Waals surface area contributed by atoms with Crippen molar-refractivity contribution in [1.82, 2.24) is 5.01 Å². The second-order valence-corrected chi connectivity index (χ2v) is 3.53. The fourth-order valence-electron chi connectivity index (χ4n) is 0.779. The van der Waals surface area contributed by atoms with E-state index in [9.17, 15) is 0 Å². The highest BCUT2D eigenvalue weighted by atomic mass is 16.5. The van der Waals surface area contributed by atoms with Crippen molar-refractivity contribution < 1.29 is 4.74 Å². The molecule has 0 aromatic heterocycles. The summed E-state index contributed by atoms with van der Waals surface area (Å²) in [6.07, 6.45) is 1.83. The van der Waals surface area contributed by atoms with Gasteiger partial charge in [-0.1, -0.05) is 20.8 Å². The molecule has 0 amide bonds. The molecule has 0 aromatic rings. The molecule has 0 radical (unpaired) electrons. The molecule has 1 heterocycles. The van der Waals surface area contributed by atoms with Crippen molar-refractivity contribution in [2.75, 3.05) is 6.73 Å². The van der Waals surface area contributed by atoms with E-state index in [1.807, 2.05) is 6.20 Å². The zero-order valence-electron chi connectivity index (χ0n) is 6.72. The van der Waals surface area contributed by atoms with Crippen LogP contribution in [0.3, 0.4) is 0 Å². The van der Waals surface area contributed by atoms with E-state index in [1.165, 1.54) is 0 Å². The lowest BCUT2D eigenvalue weighted by molar-refractivity contribution is 0.121. The first-order valence-corrected chi connectivity index (χ1v) is 3.36. The van der Waals surface area contributed by atoms with Gasteiger partial charge in [-0.15, -0.1) is 0 Å². The standard InChI is InChI=1S/C7H14N2O/c1-7(2,3)6-4-9(8)5-10-6/h4H,5,8H2,1-3H3. The number of hydrazine groups is 1. The minimum absolute atomic E-state index is 0.0775. The third-order valence-electron chi connectivity index (χ3n) is 1.39. The van der Waals surface area contributed by atoms with Gasteiger partial charge in [0.1, 0.15) is 5.76 Å². The van der Waals surface area contributed by atoms with Crippen LogP contribution >= 0.6 is 0 Å². The van der Waals surface area contributed by atoms with Gasteiger partial charge in [-0.3, -0.25) is 5.01 Å². The molecule has 1 aliphatic rings. The molecule has 0 bridgehead atoms. The average molecular weight is 142 g/mol. The molecule has 58 valence electrons. The Morgan fingerprint density at radius 1 is 1.60 bits per heavy atom. The van der Waals surface area contributed by atoms with Crippen LogP contribution in [-0.2, 0) is 4.74 Å². The van der Waals surface area contributed by atoms with Crippen LogP contribution in [0.15, 0.2) is 12.0 Å². The van der Waals surface area contributed by atoms with E-state index in [0.29, 0.717) is 6.73 Å². The van der Waals surface area contributed by atoms with Crippen LogP contribution in [-0.4, -0.2) is 11.7 Å². The fourth-order valence-corrected chi connectivity index (χ4v) is 0.779. The summed E-state index contributed by atoms with van der Waals surface area (Å²) >= 11 is 0. The van der Waals surface area contributed by atoms with Crippen LogP contribution in [0.2, 0.25) is 0 Å². The molecule has 0 atom stereocenters. The van der Waals surface area contributed by atoms with Crippen molar-refractivity contribution >= 4 is 0 Å². The molecule has 0 spiro atoms. The van der Waals surface area contributed by atoms with Crippen molar-refractivity contribution in [3.8, 4) is 0 Å². The molecular formula is C7H14N2O. The Morgan fingerprint density at radius 3 is 2.40 bits per heavy atom. The first-order valence-electron chi connectivity index (χ1n) is 3.36. The molecular weight excluding hydrogens is 128 g/mol. The summed E-state index contributed by atoms with van der Waals surface area (Å²) in [7, 11) is 0. The van der Waals surface area contributed by atoms with Crippen LogP contribution in [0, 0.1) is 5.41 Å². The molecule has 1 aliphatic heterocycles. The number of hydrogen-bond acceptors (Lipinski definition) is 3. The lowest BCUT2D eigenvalue weighted by Crippen LogP contribution is -2.22. The molecule has 0 aromatic carbocycles. The molecule has 0 unspecified atom stereocenters. The largest absolute Gasteiger partial charge is 0.474 e. The van der Waals surface area contributed by atoms with Gasteiger partial charge in [-0.25, -0.2) is 5.84 Å². The summed E-state index contributed by atoms with van der Waals surface area (Å²) in [4.78, 5) is 0. The molecule has 0 aliphatic carbocycles. The van der Waals surface area contributed by atoms with Gasteiger partial charge >= 0.3 is 0 Å². The first-order chi connectivity index (χ1) is 4.50. The number of rotatable bonds is 0. The Hall–Kier alpha value is -0.700. The second kappa shape index (κ2) is 2.16. The first kappa shape index (κ1) is 7.41. The molecule has 10 heavy (non-hydrogen) atoms. The Labute approximate surface area is 61.4 Å². The summed E-state index contributed by atoms with van der Waals surface area (Å²) < 4.78 is 5.29. The topological polar surface area (TPSA) is 38.5 Å². The minimum Gasteiger partial charge on any atom is -0.474 e. The van der Waals surface area contributed by atoms with Crippen molar-refractivity contribution in [2.24, 2.45) is 11.3 Å². The van der Waals surface area contributed by atoms with Crippen molar-refractivity contribution in [3.63, 3.8) is 0 Å². The van der Waals surface area contributed by atoms with Gasteiger partial charge in [0.05, 0.1) is 6.20 Å². The smallest absolute Gasteiger partial charge is 0.173 e. The Kier molecular flexibility index (Phi) is 1.60. The van der Waals surface area contributed by atoms with Gasteiger partial charge < -0.3 is 4.74 Å². The summed E-state index contributed by atoms with van der Waals surface area (Å²) in [5.41, 5.74) is 0.0775. The molecule has 1 rings (SSSR count). The highest BCUT2D eigenvalue weighted by molar-refractivity contribution is 5.04. The molecule has 0 saturated heterocycles. The van der Waals surface area contributed by atoms with Crippen molar-refractivity contribution in [1.29, 1.82) is 0 Å². The van der Waals surface area contributed by atoms with E-state index in [1.54, 1.807) is 5.01 Å². The van der Waals surface area contributed by atoms with Crippen molar-refractivity contribution in [3.05, 3.63) is 12.0 Å². The molecule has 3 heteroatoms. The van der Waals surface area contributed by atoms with E-state index in [-0.39, 0.29) is 5.41 Å². The third-order valence-corrected chi connectivity index (χ3v) is 1.39. The van der Waals surface area contributed by atoms with Gasteiger partial charge in [-0.2, -0.15) is 0 Å². The summed E-state index contributed by atoms with van der Waals surface area (Å²) in [5.74, 6) is 6.41. The molecule has 0 saturated carbocycles. The molecule has 3 nitrogen and oxygen atoms in total. The molecule has 0 fully saturated rings. The number of hydrogen-bond donors (Lipinski definition) is 1. The Bertz CT molecular complexity index is 157. The summed E-state index contributed by atoms with van der Waals surface area (Å²) in [6.45, 7) is 6.76. The van der Waals surface area contributed by atoms with E-state index in [0.717, 1.165) is 5.76 Å². The van der Waals surface area contributed by atoms with E-state index in [2.05, 4.69) is 20.8 Å². The summed E-state index contributed by atoms with van der Waals surface area (Å²) in [6, 6.07) is 0. The fraction of sp³-hybridized carbons (Fsp3) is 0.714. The lowest BCUT2D eigenvalue weighted by Gasteiger charge is -2.17. The molecule has 2 N–H and O–H groups in total. The van der Waals surface area contributed by atoms with Gasteiger partial charge in [0.2, 0.25) is 0 Å². The SMILES string of the molecule is CC(C)(C)C1=CN(N)CO1. The van der Waals surface area contributed by atoms with Crippen LogP contribution in [0.25, 0.3) is 0 Å². The number of nitrogens with zero attached hydrogens (tertiary/aromatic N) is 1. The van der Waals surface area contributed by atoms with Gasteiger partial charge in [0, 0.05) is 5.41 Å². The lowest BCUT2D eigenvalue weighted by atomic mass is 9.95. The highest BCUT2D eigenvalue weighted by Gasteiger charge is 2.23. The quantitative estimate of drug-likeness (QED) is 0.513. The van der Waals surface area contributed by atoms with E-state index < -0.39 is 0 Å². The maximum Gasteiger partial charge on any atom is 0.173 e. The van der Waals surface area contributed by atoms with Crippen LogP contribution < -0.4 is 5.84 Å². The highest BCUT2D eigenvalue weighted by Crippen LogP contribution is 2.28. The Morgan fingerprint density at radius 2 is 2.20 bits per heavy atom. The zero-order valence-corrected chi connectivity index (χ0v) is 6.72. The summed E-state index contributed by atoms with van der Waals surface area (Å²) in [5, 5.41) is 1.54. The predicted octanol–water partition coefficient (Wildman–Crippen LogP) is 1.04. The van der Waals surface area contributed by atoms with Crippen LogP contribution in [0.4, 0.5) is 0 Å². The second-order valence-electron chi connectivity index (χ2n) is 3.53. The maximum atomic E-state index is 5.45. The number of nitrogens with two attached hydrogens (primary N) is 1. The predicted molar refractivity (Wildman–Crippen MR) is 39.5 cm³/mol. The van der Waals surface area contributed by atoms with E-state index >= 15 is 0 Å². The van der Waals surface area contributed by atoms with Crippen LogP contribution in [0.5, 0.6) is 0 Å². The Balaban J connectivity index is 2.67. The van der Waals surface area contributed by atoms with Crippen molar-refractivity contribution in [2.45, 2.75) is 20.8 Å². The van der Waals surface area contributed by atoms with Gasteiger partial charge in [0.15, 0.2) is 6.73 Å². The zero-order chi connectivity index (χ0) is 7.78. The number of allylic oxidation sites excluding steroid dienone is 1. The maximum absolute atomic E-state index is 5.45. The van der Waals surface area contributed by atoms with E-state index in [4.69, 9.17) is 10.6 Å². The van der Waals surface area contributed by atoms with Crippen LogP contribution in [0.1, 0.15) is 20.8 Å². The van der Waals surface area contributed by atoms with Gasteiger partial charge in [-0.05, 0) is 0 Å². The third kappa shape index (κ3) is 1.42. The normalized spacial score (nSPS) is 18.8.